The molecule has 1 aromatic heterocycles. The molecule has 1 unspecified atom stereocenters. The number of carbonyl (C=O) groups excluding carboxylic acids is 1. The number of benzene rings is 1. The van der Waals surface area contributed by atoms with E-state index >= 15 is 0 Å². The van der Waals surface area contributed by atoms with E-state index in [0.717, 1.165) is 63.7 Å². The predicted molar refractivity (Wildman–Crippen MR) is 155 cm³/mol. The number of hydrogen-bond donors (Lipinski definition) is 0. The van der Waals surface area contributed by atoms with E-state index in [-0.39, 0.29) is 11.9 Å². The molecule has 1 aromatic carbocycles. The first-order chi connectivity index (χ1) is 18.7. The highest BCUT2D eigenvalue weighted by Gasteiger charge is 2.23. The Morgan fingerprint density at radius 2 is 1.55 bits per heavy atom. The molecule has 1 atom stereocenters. The summed E-state index contributed by atoms with van der Waals surface area (Å²) < 4.78 is 11.1. The summed E-state index contributed by atoms with van der Waals surface area (Å²) in [6.45, 7) is 5.92. The van der Waals surface area contributed by atoms with Gasteiger partial charge in [0.1, 0.15) is 5.75 Å². The molecule has 5 nitrogen and oxygen atoms in total. The summed E-state index contributed by atoms with van der Waals surface area (Å²) in [6.07, 6.45) is 23.8. The van der Waals surface area contributed by atoms with Crippen molar-refractivity contribution in [3.8, 4) is 17.1 Å². The van der Waals surface area contributed by atoms with Crippen LogP contribution < -0.4 is 4.74 Å². The molecule has 0 saturated carbocycles. The highest BCUT2D eigenvalue weighted by Crippen LogP contribution is 2.28. The first kappa shape index (κ1) is 30.0. The van der Waals surface area contributed by atoms with Crippen LogP contribution in [0.25, 0.3) is 11.4 Å². The van der Waals surface area contributed by atoms with E-state index in [4.69, 9.17) is 9.47 Å². The SMILES string of the molecule is CCCCCCCCCCc1cnc(-c2ccc(OC(=O)C3CC=C(CCCCOCC)CC3)cc2)nc1. The minimum atomic E-state index is -0.133. The normalized spacial score (nSPS) is 15.3. The highest BCUT2D eigenvalue weighted by atomic mass is 16.5. The molecule has 1 aliphatic rings. The summed E-state index contributed by atoms with van der Waals surface area (Å²) in [4.78, 5) is 21.8. The van der Waals surface area contributed by atoms with Gasteiger partial charge in [-0.05, 0) is 88.1 Å². The number of aryl methyl sites for hydroxylation is 1. The Hall–Kier alpha value is -2.53. The fourth-order valence-corrected chi connectivity index (χ4v) is 5.00. The van der Waals surface area contributed by atoms with Crippen LogP contribution >= 0.6 is 0 Å². The Morgan fingerprint density at radius 1 is 0.868 bits per heavy atom. The van der Waals surface area contributed by atoms with Gasteiger partial charge in [-0.2, -0.15) is 0 Å². The molecule has 0 amide bonds. The third-order valence-corrected chi connectivity index (χ3v) is 7.43. The van der Waals surface area contributed by atoms with Crippen molar-refractivity contribution in [1.29, 1.82) is 0 Å². The lowest BCUT2D eigenvalue weighted by molar-refractivity contribution is -0.139. The summed E-state index contributed by atoms with van der Waals surface area (Å²) in [5.41, 5.74) is 3.59. The molecule has 1 heterocycles. The molecule has 2 aromatic rings. The number of hydrogen-bond acceptors (Lipinski definition) is 5. The summed E-state index contributed by atoms with van der Waals surface area (Å²) in [7, 11) is 0. The van der Waals surface area contributed by atoms with Gasteiger partial charge in [0.15, 0.2) is 5.82 Å². The van der Waals surface area contributed by atoms with E-state index in [9.17, 15) is 4.79 Å². The van der Waals surface area contributed by atoms with Crippen molar-refractivity contribution in [2.24, 2.45) is 5.92 Å². The third kappa shape index (κ3) is 11.1. The molecule has 1 aliphatic carbocycles. The van der Waals surface area contributed by atoms with Gasteiger partial charge in [0, 0.05) is 31.2 Å². The number of rotatable bonds is 18. The van der Waals surface area contributed by atoms with Crippen LogP contribution in [-0.2, 0) is 16.0 Å². The number of esters is 1. The van der Waals surface area contributed by atoms with Crippen LogP contribution in [0.5, 0.6) is 5.75 Å². The summed E-state index contributed by atoms with van der Waals surface area (Å²) in [5.74, 6) is 1.09. The second-order valence-electron chi connectivity index (χ2n) is 10.6. The van der Waals surface area contributed by atoms with Gasteiger partial charge in [0.25, 0.3) is 0 Å². The predicted octanol–water partition coefficient (Wildman–Crippen LogP) is 8.67. The maximum Gasteiger partial charge on any atom is 0.314 e. The highest BCUT2D eigenvalue weighted by molar-refractivity contribution is 5.75. The lowest BCUT2D eigenvalue weighted by Gasteiger charge is -2.20. The topological polar surface area (TPSA) is 61.3 Å². The standard InChI is InChI=1S/C33H48N2O3/c1-3-5-6-7-8-9-10-11-15-28-25-34-32(35-26-28)29-20-22-31(23-21-29)38-33(36)30-18-16-27(17-19-30)14-12-13-24-37-4-2/h16,20-23,25-26,30H,3-15,17-19,24H2,1-2H3. The minimum absolute atomic E-state index is 0.0567. The lowest BCUT2D eigenvalue weighted by atomic mass is 9.87. The first-order valence-electron chi connectivity index (χ1n) is 15.1. The molecule has 0 aliphatic heterocycles. The Bertz CT molecular complexity index is 953. The van der Waals surface area contributed by atoms with Crippen molar-refractivity contribution in [2.45, 2.75) is 110 Å². The zero-order valence-corrected chi connectivity index (χ0v) is 23.8. The summed E-state index contributed by atoms with van der Waals surface area (Å²) in [5, 5.41) is 0. The zero-order valence-electron chi connectivity index (χ0n) is 23.8. The molecule has 38 heavy (non-hydrogen) atoms. The molecule has 208 valence electrons. The van der Waals surface area contributed by atoms with Crippen LogP contribution in [0.2, 0.25) is 0 Å². The van der Waals surface area contributed by atoms with Crippen LogP contribution in [-0.4, -0.2) is 29.2 Å². The van der Waals surface area contributed by atoms with Crippen molar-refractivity contribution < 1.29 is 14.3 Å². The molecule has 0 N–H and O–H groups in total. The van der Waals surface area contributed by atoms with Crippen LogP contribution in [0.4, 0.5) is 0 Å². The van der Waals surface area contributed by atoms with Crippen LogP contribution in [0, 0.1) is 5.92 Å². The van der Waals surface area contributed by atoms with Gasteiger partial charge >= 0.3 is 5.97 Å². The number of carbonyl (C=O) groups is 1. The van der Waals surface area contributed by atoms with E-state index in [0.29, 0.717) is 11.6 Å². The van der Waals surface area contributed by atoms with Gasteiger partial charge in [-0.1, -0.05) is 63.5 Å². The average Bonchev–Trinajstić information content (AvgIpc) is 2.95. The molecular formula is C33H48N2O3. The molecule has 0 spiro atoms. The average molecular weight is 521 g/mol. The van der Waals surface area contributed by atoms with E-state index in [1.54, 1.807) is 0 Å². The minimum Gasteiger partial charge on any atom is -0.426 e. The van der Waals surface area contributed by atoms with Gasteiger partial charge in [-0.25, -0.2) is 9.97 Å². The van der Waals surface area contributed by atoms with Crippen LogP contribution in [0.3, 0.4) is 0 Å². The molecule has 3 rings (SSSR count). The van der Waals surface area contributed by atoms with Crippen molar-refractivity contribution in [2.75, 3.05) is 13.2 Å². The Balaban J connectivity index is 1.36. The Kier molecular flexibility index (Phi) is 14.1. The maximum atomic E-state index is 12.7. The van der Waals surface area contributed by atoms with Gasteiger partial charge in [0.05, 0.1) is 5.92 Å². The summed E-state index contributed by atoms with van der Waals surface area (Å²) >= 11 is 0. The first-order valence-corrected chi connectivity index (χ1v) is 15.1. The molecule has 5 heteroatoms. The quantitative estimate of drug-likeness (QED) is 0.0851. The fraction of sp³-hybridized carbons (Fsp3) is 0.606. The number of ether oxygens (including phenoxy) is 2. The van der Waals surface area contributed by atoms with Crippen molar-refractivity contribution in [1.82, 2.24) is 9.97 Å². The number of unbranched alkanes of at least 4 members (excludes halogenated alkanes) is 8. The van der Waals surface area contributed by atoms with E-state index < -0.39 is 0 Å². The van der Waals surface area contributed by atoms with Crippen LogP contribution in [0.1, 0.15) is 109 Å². The second-order valence-corrected chi connectivity index (χ2v) is 10.6. The Labute approximate surface area is 230 Å². The maximum absolute atomic E-state index is 12.7. The second kappa shape index (κ2) is 17.9. The van der Waals surface area contributed by atoms with E-state index in [1.165, 1.54) is 62.5 Å². The molecule has 0 fully saturated rings. The van der Waals surface area contributed by atoms with Crippen LogP contribution in [0.15, 0.2) is 48.3 Å². The zero-order chi connectivity index (χ0) is 26.8. The number of aromatic nitrogens is 2. The van der Waals surface area contributed by atoms with Gasteiger partial charge in [0.2, 0.25) is 0 Å². The van der Waals surface area contributed by atoms with Crippen molar-refractivity contribution in [3.63, 3.8) is 0 Å². The van der Waals surface area contributed by atoms with E-state index in [2.05, 4.69) is 23.0 Å². The van der Waals surface area contributed by atoms with Gasteiger partial charge in [-0.3, -0.25) is 4.79 Å². The fourth-order valence-electron chi connectivity index (χ4n) is 5.00. The monoisotopic (exact) mass is 520 g/mol. The Morgan fingerprint density at radius 3 is 2.21 bits per heavy atom. The van der Waals surface area contributed by atoms with Crippen molar-refractivity contribution >= 4 is 5.97 Å². The summed E-state index contributed by atoms with van der Waals surface area (Å²) in [6, 6.07) is 7.54. The molecular weight excluding hydrogens is 472 g/mol. The third-order valence-electron chi connectivity index (χ3n) is 7.43. The van der Waals surface area contributed by atoms with Crippen molar-refractivity contribution in [3.05, 3.63) is 53.9 Å². The smallest absolute Gasteiger partial charge is 0.314 e. The van der Waals surface area contributed by atoms with E-state index in [1.807, 2.05) is 43.6 Å². The largest absolute Gasteiger partial charge is 0.426 e. The van der Waals surface area contributed by atoms with Gasteiger partial charge < -0.3 is 9.47 Å². The molecule has 0 radical (unpaired) electrons. The van der Waals surface area contributed by atoms with Gasteiger partial charge in [-0.15, -0.1) is 0 Å². The molecule has 0 bridgehead atoms. The lowest BCUT2D eigenvalue weighted by Crippen LogP contribution is -2.22. The molecule has 0 saturated heterocycles. The number of nitrogens with zero attached hydrogens (tertiary/aromatic N) is 2. The number of allylic oxidation sites excluding steroid dienone is 2.